The molecule has 80 valence electrons. The molecule has 1 heterocycles. The number of nitrogens with zero attached hydrogens (tertiary/aromatic N) is 1. The molecule has 1 rings (SSSR count). The van der Waals surface area contributed by atoms with Crippen LogP contribution in [-0.2, 0) is 4.79 Å². The van der Waals surface area contributed by atoms with Gasteiger partial charge in [0.05, 0.1) is 0 Å². The summed E-state index contributed by atoms with van der Waals surface area (Å²) in [7, 11) is 0. The van der Waals surface area contributed by atoms with Gasteiger partial charge in [0.25, 0.3) is 0 Å². The molecular weight excluding hydrogens is 178 g/mol. The maximum atomic E-state index is 10.5. The Labute approximate surface area is 85.4 Å². The van der Waals surface area contributed by atoms with E-state index < -0.39 is 5.97 Å². The Morgan fingerprint density at radius 3 is 2.93 bits per heavy atom. The Hall–Kier alpha value is -0.830. The number of carboxylic acids is 1. The van der Waals surface area contributed by atoms with Gasteiger partial charge in [-0.25, -0.2) is 4.79 Å². The van der Waals surface area contributed by atoms with Crippen molar-refractivity contribution < 1.29 is 9.90 Å². The Bertz CT molecular complexity index is 235. The van der Waals surface area contributed by atoms with Gasteiger partial charge in [-0.1, -0.05) is 13.0 Å². The predicted octanol–water partition coefficient (Wildman–Crippen LogP) is 1.75. The lowest BCUT2D eigenvalue weighted by atomic mass is 10.0. The van der Waals surface area contributed by atoms with Gasteiger partial charge in [-0.3, -0.25) is 4.90 Å². The number of carbonyl (C=O) groups is 1. The number of hydrogen-bond acceptors (Lipinski definition) is 2. The largest absolute Gasteiger partial charge is 0.478 e. The van der Waals surface area contributed by atoms with Crippen molar-refractivity contribution in [3.05, 3.63) is 11.6 Å². The van der Waals surface area contributed by atoms with Crippen LogP contribution in [0.15, 0.2) is 11.6 Å². The molecule has 1 N–H and O–H groups in total. The van der Waals surface area contributed by atoms with E-state index in [0.29, 0.717) is 5.57 Å². The molecule has 0 aromatic rings. The zero-order valence-corrected chi connectivity index (χ0v) is 8.99. The average molecular weight is 197 g/mol. The van der Waals surface area contributed by atoms with E-state index in [1.165, 1.54) is 12.8 Å². The fourth-order valence-corrected chi connectivity index (χ4v) is 1.81. The van der Waals surface area contributed by atoms with Crippen molar-refractivity contribution in [1.29, 1.82) is 0 Å². The number of rotatable bonds is 3. The molecule has 0 amide bonds. The molecule has 14 heavy (non-hydrogen) atoms. The summed E-state index contributed by atoms with van der Waals surface area (Å²) in [6.45, 7) is 6.88. The summed E-state index contributed by atoms with van der Waals surface area (Å²) in [6.07, 6.45) is 4.35. The van der Waals surface area contributed by atoms with Gasteiger partial charge in [-0.05, 0) is 32.2 Å². The summed E-state index contributed by atoms with van der Waals surface area (Å²) in [6, 6.07) is 0. The SMILES string of the molecule is C/C(=C/CN1CCCC(C)C1)C(=O)O. The Balaban J connectivity index is 2.37. The zero-order chi connectivity index (χ0) is 10.6. The van der Waals surface area contributed by atoms with Crippen LogP contribution in [0.1, 0.15) is 26.7 Å². The van der Waals surface area contributed by atoms with E-state index in [4.69, 9.17) is 5.11 Å². The average Bonchev–Trinajstić information content (AvgIpc) is 2.14. The van der Waals surface area contributed by atoms with Crippen LogP contribution in [0, 0.1) is 5.92 Å². The first-order chi connectivity index (χ1) is 6.59. The molecule has 1 atom stereocenters. The van der Waals surface area contributed by atoms with Crippen molar-refractivity contribution in [1.82, 2.24) is 4.90 Å². The number of aliphatic carboxylic acids is 1. The molecule has 0 spiro atoms. The van der Waals surface area contributed by atoms with Crippen LogP contribution in [0.5, 0.6) is 0 Å². The molecule has 3 heteroatoms. The lowest BCUT2D eigenvalue weighted by Gasteiger charge is -2.29. The lowest BCUT2D eigenvalue weighted by Crippen LogP contribution is -2.34. The van der Waals surface area contributed by atoms with E-state index in [2.05, 4.69) is 11.8 Å². The van der Waals surface area contributed by atoms with E-state index in [9.17, 15) is 4.79 Å². The number of likely N-dealkylation sites (tertiary alicyclic amines) is 1. The van der Waals surface area contributed by atoms with Crippen molar-refractivity contribution in [3.8, 4) is 0 Å². The third-order valence-corrected chi connectivity index (χ3v) is 2.73. The van der Waals surface area contributed by atoms with Crippen LogP contribution < -0.4 is 0 Å². The summed E-state index contributed by atoms with van der Waals surface area (Å²) in [5, 5.41) is 8.68. The quantitative estimate of drug-likeness (QED) is 0.701. The highest BCUT2D eigenvalue weighted by atomic mass is 16.4. The van der Waals surface area contributed by atoms with Crippen molar-refractivity contribution in [2.75, 3.05) is 19.6 Å². The third-order valence-electron chi connectivity index (χ3n) is 2.73. The minimum absolute atomic E-state index is 0.447. The maximum absolute atomic E-state index is 10.5. The van der Waals surface area contributed by atoms with Crippen LogP contribution in [-0.4, -0.2) is 35.6 Å². The Morgan fingerprint density at radius 2 is 2.36 bits per heavy atom. The standard InChI is InChI=1S/C11H19NO2/c1-9-4-3-6-12(8-9)7-5-10(2)11(13)14/h5,9H,3-4,6-8H2,1-2H3,(H,13,14)/b10-5-. The Morgan fingerprint density at radius 1 is 1.64 bits per heavy atom. The van der Waals surface area contributed by atoms with Crippen LogP contribution in [0.2, 0.25) is 0 Å². The highest BCUT2D eigenvalue weighted by Gasteiger charge is 2.15. The Kier molecular flexibility index (Phi) is 4.14. The van der Waals surface area contributed by atoms with Gasteiger partial charge in [0.1, 0.15) is 0 Å². The molecule has 0 aliphatic carbocycles. The van der Waals surface area contributed by atoms with Gasteiger partial charge < -0.3 is 5.11 Å². The second-order valence-corrected chi connectivity index (χ2v) is 4.20. The normalized spacial score (nSPS) is 25.0. The first-order valence-electron chi connectivity index (χ1n) is 5.22. The van der Waals surface area contributed by atoms with Crippen LogP contribution in [0.25, 0.3) is 0 Å². The maximum Gasteiger partial charge on any atom is 0.330 e. The first-order valence-corrected chi connectivity index (χ1v) is 5.22. The van der Waals surface area contributed by atoms with Gasteiger partial charge in [0.2, 0.25) is 0 Å². The van der Waals surface area contributed by atoms with E-state index >= 15 is 0 Å². The molecule has 1 aliphatic rings. The van der Waals surface area contributed by atoms with Crippen molar-refractivity contribution in [3.63, 3.8) is 0 Å². The van der Waals surface area contributed by atoms with Crippen LogP contribution in [0.3, 0.4) is 0 Å². The number of piperidine rings is 1. The van der Waals surface area contributed by atoms with Crippen molar-refractivity contribution in [2.45, 2.75) is 26.7 Å². The topological polar surface area (TPSA) is 40.5 Å². The molecule has 0 aromatic carbocycles. The molecule has 1 aliphatic heterocycles. The fourth-order valence-electron chi connectivity index (χ4n) is 1.81. The van der Waals surface area contributed by atoms with Gasteiger partial charge in [0, 0.05) is 18.7 Å². The van der Waals surface area contributed by atoms with E-state index in [-0.39, 0.29) is 0 Å². The smallest absolute Gasteiger partial charge is 0.330 e. The lowest BCUT2D eigenvalue weighted by molar-refractivity contribution is -0.132. The molecule has 1 fully saturated rings. The second kappa shape index (κ2) is 5.15. The van der Waals surface area contributed by atoms with Gasteiger partial charge in [0.15, 0.2) is 0 Å². The number of carboxylic acid groups (broad SMARTS) is 1. The summed E-state index contributed by atoms with van der Waals surface area (Å²) in [5.41, 5.74) is 0.447. The van der Waals surface area contributed by atoms with Gasteiger partial charge >= 0.3 is 5.97 Å². The highest BCUT2D eigenvalue weighted by molar-refractivity contribution is 5.85. The fraction of sp³-hybridized carbons (Fsp3) is 0.727. The molecule has 3 nitrogen and oxygen atoms in total. The van der Waals surface area contributed by atoms with E-state index in [0.717, 1.165) is 25.6 Å². The number of hydrogen-bond donors (Lipinski definition) is 1. The molecule has 1 saturated heterocycles. The minimum atomic E-state index is -0.810. The van der Waals surface area contributed by atoms with Gasteiger partial charge in [-0.2, -0.15) is 0 Å². The van der Waals surface area contributed by atoms with Crippen molar-refractivity contribution in [2.24, 2.45) is 5.92 Å². The molecular formula is C11H19NO2. The highest BCUT2D eigenvalue weighted by Crippen LogP contribution is 2.15. The van der Waals surface area contributed by atoms with Crippen LogP contribution in [0.4, 0.5) is 0 Å². The summed E-state index contributed by atoms with van der Waals surface area (Å²) < 4.78 is 0. The summed E-state index contributed by atoms with van der Waals surface area (Å²) in [5.74, 6) is -0.0580. The van der Waals surface area contributed by atoms with Gasteiger partial charge in [-0.15, -0.1) is 0 Å². The predicted molar refractivity (Wildman–Crippen MR) is 56.2 cm³/mol. The van der Waals surface area contributed by atoms with E-state index in [1.54, 1.807) is 13.0 Å². The molecule has 1 unspecified atom stereocenters. The van der Waals surface area contributed by atoms with Crippen LogP contribution >= 0.6 is 0 Å². The molecule has 0 aromatic heterocycles. The molecule has 0 radical (unpaired) electrons. The summed E-state index contributed by atoms with van der Waals surface area (Å²) in [4.78, 5) is 12.9. The summed E-state index contributed by atoms with van der Waals surface area (Å²) >= 11 is 0. The first kappa shape index (κ1) is 11.2. The molecule has 0 saturated carbocycles. The second-order valence-electron chi connectivity index (χ2n) is 4.20. The monoisotopic (exact) mass is 197 g/mol. The zero-order valence-electron chi connectivity index (χ0n) is 8.99. The molecule has 0 bridgehead atoms. The van der Waals surface area contributed by atoms with Crippen molar-refractivity contribution >= 4 is 5.97 Å². The van der Waals surface area contributed by atoms with E-state index in [1.807, 2.05) is 0 Å². The minimum Gasteiger partial charge on any atom is -0.478 e. The third kappa shape index (κ3) is 3.50.